The smallest absolute Gasteiger partial charge is 0.147 e. The van der Waals surface area contributed by atoms with Crippen LogP contribution in [-0.4, -0.2) is 61.9 Å². The normalized spacial score (nSPS) is 47.7. The fraction of sp³-hybridized carbons (Fsp3) is 1.00. The van der Waals surface area contributed by atoms with Gasteiger partial charge in [-0.2, -0.15) is 0 Å². The third-order valence-corrected chi connectivity index (χ3v) is 3.04. The van der Waals surface area contributed by atoms with Gasteiger partial charge >= 0.3 is 0 Å². The zero-order valence-corrected chi connectivity index (χ0v) is 8.18. The summed E-state index contributed by atoms with van der Waals surface area (Å²) < 4.78 is 15.9. The number of hydrogen-bond acceptors (Lipinski definition) is 5. The second-order valence-corrected chi connectivity index (χ2v) is 3.86. The summed E-state index contributed by atoms with van der Waals surface area (Å²) in [6, 6.07) is -0.327. The molecular formula is C8H15BO5. The topological polar surface area (TPSA) is 68.2 Å². The van der Waals surface area contributed by atoms with E-state index in [4.69, 9.17) is 19.3 Å². The van der Waals surface area contributed by atoms with E-state index in [9.17, 15) is 5.11 Å². The average Bonchev–Trinajstić information content (AvgIpc) is 2.41. The van der Waals surface area contributed by atoms with Gasteiger partial charge in [0.25, 0.3) is 0 Å². The van der Waals surface area contributed by atoms with Crippen molar-refractivity contribution in [1.29, 1.82) is 0 Å². The molecule has 0 saturated carbocycles. The maximum atomic E-state index is 10.3. The van der Waals surface area contributed by atoms with Gasteiger partial charge in [0.1, 0.15) is 32.4 Å². The highest BCUT2D eigenvalue weighted by molar-refractivity contribution is 6.12. The van der Waals surface area contributed by atoms with Gasteiger partial charge in [0.15, 0.2) is 0 Å². The second kappa shape index (κ2) is 3.79. The van der Waals surface area contributed by atoms with E-state index in [0.717, 1.165) is 0 Å². The summed E-state index contributed by atoms with van der Waals surface area (Å²) in [5, 5.41) is 19.2. The third kappa shape index (κ3) is 1.47. The molecule has 14 heavy (non-hydrogen) atoms. The van der Waals surface area contributed by atoms with Gasteiger partial charge in [-0.1, -0.05) is 0 Å². The lowest BCUT2D eigenvalue weighted by Gasteiger charge is -2.34. The maximum Gasteiger partial charge on any atom is 0.147 e. The van der Waals surface area contributed by atoms with Gasteiger partial charge in [0, 0.05) is 13.0 Å². The molecule has 80 valence electrons. The molecule has 0 aromatic heterocycles. The molecule has 0 bridgehead atoms. The molecule has 2 aliphatic heterocycles. The molecule has 4 atom stereocenters. The monoisotopic (exact) mass is 202 g/mol. The van der Waals surface area contributed by atoms with Gasteiger partial charge in [-0.3, -0.25) is 0 Å². The zero-order chi connectivity index (χ0) is 10.2. The summed E-state index contributed by atoms with van der Waals surface area (Å²) in [4.78, 5) is 0. The fourth-order valence-corrected chi connectivity index (χ4v) is 2.19. The Morgan fingerprint density at radius 2 is 2.29 bits per heavy atom. The quantitative estimate of drug-likeness (QED) is 0.499. The number of rotatable bonds is 2. The fourth-order valence-electron chi connectivity index (χ4n) is 2.19. The summed E-state index contributed by atoms with van der Waals surface area (Å²) in [6.45, 7) is 0.561. The molecule has 5 nitrogen and oxygen atoms in total. The predicted molar refractivity (Wildman–Crippen MR) is 49.5 cm³/mol. The van der Waals surface area contributed by atoms with Gasteiger partial charge < -0.3 is 24.4 Å². The molecule has 0 aliphatic carbocycles. The highest BCUT2D eigenvalue weighted by Crippen LogP contribution is 2.36. The van der Waals surface area contributed by atoms with Crippen LogP contribution in [0.25, 0.3) is 0 Å². The maximum absolute atomic E-state index is 10.3. The van der Waals surface area contributed by atoms with Crippen LogP contribution in [0.1, 0.15) is 6.42 Å². The minimum atomic E-state index is -1.08. The van der Waals surface area contributed by atoms with Gasteiger partial charge in [0.2, 0.25) is 0 Å². The Bertz CT molecular complexity index is 214. The molecule has 2 rings (SSSR count). The Labute approximate surface area is 83.4 Å². The predicted octanol–water partition coefficient (Wildman–Crippen LogP) is -2.17. The molecule has 2 N–H and O–H groups in total. The highest BCUT2D eigenvalue weighted by atomic mass is 16.7. The van der Waals surface area contributed by atoms with Crippen molar-refractivity contribution in [2.45, 2.75) is 30.2 Å². The van der Waals surface area contributed by atoms with Crippen molar-refractivity contribution in [2.75, 3.05) is 20.0 Å². The summed E-state index contributed by atoms with van der Waals surface area (Å²) in [5.74, 6) is 0. The first-order valence-electron chi connectivity index (χ1n) is 4.86. The number of aliphatic hydroxyl groups is 2. The van der Waals surface area contributed by atoms with Crippen LogP contribution in [0.15, 0.2) is 0 Å². The average molecular weight is 202 g/mol. The molecule has 2 unspecified atom stereocenters. The summed E-state index contributed by atoms with van der Waals surface area (Å²) >= 11 is 0. The molecule has 0 spiro atoms. The van der Waals surface area contributed by atoms with Crippen molar-refractivity contribution in [2.24, 2.45) is 0 Å². The minimum absolute atomic E-state index is 0.0718. The van der Waals surface area contributed by atoms with Gasteiger partial charge in [-0.25, -0.2) is 0 Å². The summed E-state index contributed by atoms with van der Waals surface area (Å²) in [5.41, 5.74) is -1.08. The van der Waals surface area contributed by atoms with E-state index in [-0.39, 0.29) is 38.0 Å². The van der Waals surface area contributed by atoms with Crippen LogP contribution in [-0.2, 0) is 14.2 Å². The second-order valence-electron chi connectivity index (χ2n) is 3.86. The number of fused-ring (bicyclic) bond motifs is 1. The minimum Gasteiger partial charge on any atom is -0.396 e. The van der Waals surface area contributed by atoms with Crippen LogP contribution in [0, 0.1) is 0 Å². The molecule has 2 heterocycles. The Morgan fingerprint density at radius 1 is 1.50 bits per heavy atom. The van der Waals surface area contributed by atoms with Gasteiger partial charge in [-0.15, -0.1) is 0 Å². The Kier molecular flexibility index (Phi) is 2.81. The van der Waals surface area contributed by atoms with Crippen LogP contribution in [0.4, 0.5) is 0 Å². The molecule has 0 aromatic carbocycles. The van der Waals surface area contributed by atoms with Crippen molar-refractivity contribution in [1.82, 2.24) is 0 Å². The summed E-state index contributed by atoms with van der Waals surface area (Å²) in [6.07, 6.45) is -0.316. The van der Waals surface area contributed by atoms with E-state index >= 15 is 0 Å². The number of ether oxygens (including phenoxy) is 3. The Hall–Kier alpha value is -0.135. The molecule has 0 aromatic rings. The van der Waals surface area contributed by atoms with Crippen LogP contribution in [0.2, 0.25) is 0 Å². The van der Waals surface area contributed by atoms with Gasteiger partial charge in [-0.05, 0) is 0 Å². The molecule has 0 radical (unpaired) electrons. The SMILES string of the molecule is BC1OC2COCO[C@H]2[C@]1(O)CCO. The van der Waals surface area contributed by atoms with Gasteiger partial charge in [0.05, 0.1) is 12.6 Å². The largest absolute Gasteiger partial charge is 0.396 e. The summed E-state index contributed by atoms with van der Waals surface area (Å²) in [7, 11) is 1.79. The molecule has 2 aliphatic rings. The van der Waals surface area contributed by atoms with E-state index < -0.39 is 5.60 Å². The number of hydrogen-bond donors (Lipinski definition) is 2. The van der Waals surface area contributed by atoms with Crippen LogP contribution < -0.4 is 0 Å². The molecular weight excluding hydrogens is 187 g/mol. The van der Waals surface area contributed by atoms with Crippen molar-refractivity contribution in [3.63, 3.8) is 0 Å². The van der Waals surface area contributed by atoms with E-state index in [1.165, 1.54) is 0 Å². The lowest BCUT2D eigenvalue weighted by atomic mass is 9.78. The van der Waals surface area contributed by atoms with Crippen LogP contribution in [0.5, 0.6) is 0 Å². The van der Waals surface area contributed by atoms with Crippen molar-refractivity contribution in [3.05, 3.63) is 0 Å². The van der Waals surface area contributed by atoms with E-state index in [1.54, 1.807) is 7.85 Å². The molecule has 0 amide bonds. The highest BCUT2D eigenvalue weighted by Gasteiger charge is 2.55. The third-order valence-electron chi connectivity index (χ3n) is 3.04. The molecule has 6 heteroatoms. The van der Waals surface area contributed by atoms with Crippen molar-refractivity contribution < 1.29 is 24.4 Å². The van der Waals surface area contributed by atoms with Crippen LogP contribution >= 0.6 is 0 Å². The Morgan fingerprint density at radius 3 is 3.00 bits per heavy atom. The lowest BCUT2D eigenvalue weighted by Crippen LogP contribution is -2.52. The molecule has 2 fully saturated rings. The standard InChI is InChI=1S/C8H15BO5/c9-7-8(11,1-2-10)6-5(14-7)3-12-4-13-6/h5-7,10-11H,1-4,9H2/t5?,6-,7?,8-/m1/s1. The van der Waals surface area contributed by atoms with Crippen molar-refractivity contribution >= 4 is 7.85 Å². The molecule has 2 saturated heterocycles. The number of aliphatic hydroxyl groups excluding tert-OH is 1. The lowest BCUT2D eigenvalue weighted by molar-refractivity contribution is -0.205. The zero-order valence-electron chi connectivity index (χ0n) is 8.18. The Balaban J connectivity index is 2.14. The van der Waals surface area contributed by atoms with Crippen molar-refractivity contribution in [3.8, 4) is 0 Å². The van der Waals surface area contributed by atoms with Crippen LogP contribution in [0.3, 0.4) is 0 Å². The van der Waals surface area contributed by atoms with E-state index in [1.807, 2.05) is 0 Å². The first kappa shape index (κ1) is 10.4. The van der Waals surface area contributed by atoms with E-state index in [0.29, 0.717) is 6.61 Å². The first-order chi connectivity index (χ1) is 6.68. The first-order valence-corrected chi connectivity index (χ1v) is 4.86. The van der Waals surface area contributed by atoms with E-state index in [2.05, 4.69) is 0 Å².